The molecule has 1 aromatic rings. The largest absolute Gasteiger partial charge is 0.464 e. The highest BCUT2D eigenvalue weighted by atomic mass is 16.5. The van der Waals surface area contributed by atoms with Crippen molar-refractivity contribution in [1.29, 1.82) is 0 Å². The molecule has 0 aromatic carbocycles. The normalized spacial score (nSPS) is 12.6. The zero-order chi connectivity index (χ0) is 10.7. The Morgan fingerprint density at radius 2 is 2.21 bits per heavy atom. The summed E-state index contributed by atoms with van der Waals surface area (Å²) < 4.78 is 6.47. The van der Waals surface area contributed by atoms with Crippen molar-refractivity contribution < 1.29 is 9.53 Å². The molecule has 0 aliphatic carbocycles. The molecule has 14 heavy (non-hydrogen) atoms. The highest BCUT2D eigenvalue weighted by molar-refractivity contribution is 5.73. The Morgan fingerprint density at radius 3 is 2.64 bits per heavy atom. The highest BCUT2D eigenvalue weighted by Gasteiger charge is 2.19. The maximum absolute atomic E-state index is 11.4. The number of nitrogens with zero attached hydrogens (tertiary/aromatic N) is 3. The van der Waals surface area contributed by atoms with Gasteiger partial charge in [-0.2, -0.15) is 5.10 Å². The molecule has 0 amide bonds. The van der Waals surface area contributed by atoms with Crippen LogP contribution in [0.1, 0.15) is 31.5 Å². The van der Waals surface area contributed by atoms with Gasteiger partial charge in [0.05, 0.1) is 6.61 Å². The summed E-state index contributed by atoms with van der Waals surface area (Å²) >= 11 is 0. The van der Waals surface area contributed by atoms with Gasteiger partial charge in [0.15, 0.2) is 0 Å². The third-order valence-corrected chi connectivity index (χ3v) is 1.90. The van der Waals surface area contributed by atoms with E-state index in [9.17, 15) is 4.79 Å². The molecule has 1 unspecified atom stereocenters. The maximum Gasteiger partial charge on any atom is 0.330 e. The lowest BCUT2D eigenvalue weighted by molar-refractivity contribution is -0.146. The molecule has 5 nitrogen and oxygen atoms in total. The molecule has 1 heterocycles. The number of aryl methyl sites for hydroxylation is 2. The Bertz CT molecular complexity index is 333. The van der Waals surface area contributed by atoms with Crippen LogP contribution in [0.3, 0.4) is 0 Å². The summed E-state index contributed by atoms with van der Waals surface area (Å²) in [5, 5.41) is 4.12. The molecule has 0 fully saturated rings. The molecule has 1 atom stereocenters. The predicted octanol–water partition coefficient (Wildman–Crippen LogP) is 1.02. The van der Waals surface area contributed by atoms with Crippen LogP contribution in [0.25, 0.3) is 0 Å². The molecule has 0 aliphatic rings. The number of ether oxygens (including phenoxy) is 1. The van der Waals surface area contributed by atoms with Gasteiger partial charge in [0.25, 0.3) is 0 Å². The van der Waals surface area contributed by atoms with E-state index < -0.39 is 6.04 Å². The first-order valence-corrected chi connectivity index (χ1v) is 4.62. The Labute approximate surface area is 83.1 Å². The Kier molecular flexibility index (Phi) is 3.22. The molecular formula is C9H15N3O2. The van der Waals surface area contributed by atoms with E-state index in [-0.39, 0.29) is 5.97 Å². The van der Waals surface area contributed by atoms with Crippen molar-refractivity contribution in [2.45, 2.75) is 33.7 Å². The second-order valence-electron chi connectivity index (χ2n) is 3.08. The van der Waals surface area contributed by atoms with Gasteiger partial charge in [-0.15, -0.1) is 0 Å². The average molecular weight is 197 g/mol. The standard InChI is InChI=1S/C9H15N3O2/c1-5-14-9(13)6(2)12-8(4)10-7(3)11-12/h6H,5H2,1-4H3. The van der Waals surface area contributed by atoms with Gasteiger partial charge in [0, 0.05) is 0 Å². The van der Waals surface area contributed by atoms with Crippen LogP contribution in [0, 0.1) is 13.8 Å². The van der Waals surface area contributed by atoms with E-state index in [0.717, 1.165) is 5.82 Å². The van der Waals surface area contributed by atoms with E-state index in [1.807, 2.05) is 6.92 Å². The summed E-state index contributed by atoms with van der Waals surface area (Å²) in [6.07, 6.45) is 0. The van der Waals surface area contributed by atoms with Gasteiger partial charge in [-0.05, 0) is 27.7 Å². The van der Waals surface area contributed by atoms with Crippen LogP contribution in [-0.4, -0.2) is 27.3 Å². The van der Waals surface area contributed by atoms with Gasteiger partial charge < -0.3 is 4.74 Å². The zero-order valence-corrected chi connectivity index (χ0v) is 8.94. The van der Waals surface area contributed by atoms with E-state index in [0.29, 0.717) is 12.4 Å². The van der Waals surface area contributed by atoms with E-state index in [4.69, 9.17) is 4.74 Å². The van der Waals surface area contributed by atoms with Crippen LogP contribution in [0.4, 0.5) is 0 Å². The summed E-state index contributed by atoms with van der Waals surface area (Å²) in [7, 11) is 0. The molecule has 0 spiro atoms. The molecule has 0 aliphatic heterocycles. The van der Waals surface area contributed by atoms with Crippen molar-refractivity contribution in [3.8, 4) is 0 Å². The van der Waals surface area contributed by atoms with Crippen molar-refractivity contribution >= 4 is 5.97 Å². The lowest BCUT2D eigenvalue weighted by atomic mass is 10.3. The number of hydrogen-bond acceptors (Lipinski definition) is 4. The van der Waals surface area contributed by atoms with Crippen molar-refractivity contribution in [3.63, 3.8) is 0 Å². The molecule has 0 bridgehead atoms. The summed E-state index contributed by atoms with van der Waals surface area (Å²) in [5.74, 6) is 1.11. The molecule has 0 saturated carbocycles. The molecule has 1 aromatic heterocycles. The van der Waals surface area contributed by atoms with E-state index in [1.54, 1.807) is 25.5 Å². The molecule has 0 radical (unpaired) electrons. The maximum atomic E-state index is 11.4. The lowest BCUT2D eigenvalue weighted by Crippen LogP contribution is -2.21. The summed E-state index contributed by atoms with van der Waals surface area (Å²) in [6.45, 7) is 7.52. The predicted molar refractivity (Wildman–Crippen MR) is 50.8 cm³/mol. The van der Waals surface area contributed by atoms with Crippen LogP contribution >= 0.6 is 0 Å². The minimum absolute atomic E-state index is 0.277. The van der Waals surface area contributed by atoms with Gasteiger partial charge in [-0.3, -0.25) is 0 Å². The fraction of sp³-hybridized carbons (Fsp3) is 0.667. The number of hydrogen-bond donors (Lipinski definition) is 0. The number of esters is 1. The molecule has 1 rings (SSSR count). The lowest BCUT2D eigenvalue weighted by Gasteiger charge is -2.11. The fourth-order valence-electron chi connectivity index (χ4n) is 1.27. The quantitative estimate of drug-likeness (QED) is 0.679. The van der Waals surface area contributed by atoms with E-state index in [2.05, 4.69) is 10.1 Å². The van der Waals surface area contributed by atoms with Gasteiger partial charge >= 0.3 is 5.97 Å². The minimum Gasteiger partial charge on any atom is -0.464 e. The first-order valence-electron chi connectivity index (χ1n) is 4.62. The first-order chi connectivity index (χ1) is 6.56. The van der Waals surface area contributed by atoms with Crippen LogP contribution in [0.15, 0.2) is 0 Å². The van der Waals surface area contributed by atoms with Crippen molar-refractivity contribution in [2.75, 3.05) is 6.61 Å². The zero-order valence-electron chi connectivity index (χ0n) is 8.94. The minimum atomic E-state index is -0.406. The number of rotatable bonds is 3. The molecular weight excluding hydrogens is 182 g/mol. The Balaban J connectivity index is 2.83. The average Bonchev–Trinajstić information content (AvgIpc) is 2.44. The number of carbonyl (C=O) groups excluding carboxylic acids is 1. The van der Waals surface area contributed by atoms with Crippen molar-refractivity contribution in [1.82, 2.24) is 14.8 Å². The SMILES string of the molecule is CCOC(=O)C(C)n1nc(C)nc1C. The van der Waals surface area contributed by atoms with Crippen LogP contribution in [0.5, 0.6) is 0 Å². The van der Waals surface area contributed by atoms with Crippen molar-refractivity contribution in [2.24, 2.45) is 0 Å². The summed E-state index contributed by atoms with van der Waals surface area (Å²) in [4.78, 5) is 15.5. The molecule has 78 valence electrons. The summed E-state index contributed by atoms with van der Waals surface area (Å²) in [5.41, 5.74) is 0. The number of aromatic nitrogens is 3. The Hall–Kier alpha value is -1.39. The van der Waals surface area contributed by atoms with Gasteiger partial charge in [-0.25, -0.2) is 14.5 Å². The fourth-order valence-corrected chi connectivity index (χ4v) is 1.27. The van der Waals surface area contributed by atoms with Crippen molar-refractivity contribution in [3.05, 3.63) is 11.6 Å². The first kappa shape index (κ1) is 10.7. The van der Waals surface area contributed by atoms with Gasteiger partial charge in [0.2, 0.25) is 0 Å². The van der Waals surface area contributed by atoms with E-state index in [1.165, 1.54) is 0 Å². The second kappa shape index (κ2) is 4.21. The van der Waals surface area contributed by atoms with Crippen LogP contribution < -0.4 is 0 Å². The Morgan fingerprint density at radius 1 is 1.57 bits per heavy atom. The van der Waals surface area contributed by atoms with Crippen LogP contribution in [-0.2, 0) is 9.53 Å². The second-order valence-corrected chi connectivity index (χ2v) is 3.08. The number of carbonyl (C=O) groups is 1. The highest BCUT2D eigenvalue weighted by Crippen LogP contribution is 2.09. The molecule has 0 saturated heterocycles. The van der Waals surface area contributed by atoms with Crippen LogP contribution in [0.2, 0.25) is 0 Å². The topological polar surface area (TPSA) is 57.0 Å². The molecule has 0 N–H and O–H groups in total. The molecule has 5 heteroatoms. The van der Waals surface area contributed by atoms with Gasteiger partial charge in [0.1, 0.15) is 17.7 Å². The third-order valence-electron chi connectivity index (χ3n) is 1.90. The summed E-state index contributed by atoms with van der Waals surface area (Å²) in [6, 6.07) is -0.406. The van der Waals surface area contributed by atoms with Gasteiger partial charge in [-0.1, -0.05) is 0 Å². The monoisotopic (exact) mass is 197 g/mol. The smallest absolute Gasteiger partial charge is 0.330 e. The van der Waals surface area contributed by atoms with E-state index >= 15 is 0 Å². The third kappa shape index (κ3) is 2.10.